The summed E-state index contributed by atoms with van der Waals surface area (Å²) in [6, 6.07) is 13.4. The Morgan fingerprint density at radius 1 is 1.05 bits per heavy atom. The monoisotopic (exact) mass is 300 g/mol. The van der Waals surface area contributed by atoms with Crippen LogP contribution in [0.4, 0.5) is 14.6 Å². The van der Waals surface area contributed by atoms with Gasteiger partial charge >= 0.3 is 0 Å². The summed E-state index contributed by atoms with van der Waals surface area (Å²) in [6.45, 7) is 0. The van der Waals surface area contributed by atoms with Gasteiger partial charge in [0.15, 0.2) is 11.6 Å². The number of hydrogen-bond acceptors (Lipinski definition) is 3. The van der Waals surface area contributed by atoms with Crippen LogP contribution in [0.3, 0.4) is 0 Å². The predicted octanol–water partition coefficient (Wildman–Crippen LogP) is 3.87. The highest BCUT2D eigenvalue weighted by atomic mass is 19.1. The summed E-state index contributed by atoms with van der Waals surface area (Å²) in [4.78, 5) is 11.9. The molecule has 0 spiro atoms. The molecule has 110 valence electrons. The third-order valence-electron chi connectivity index (χ3n) is 2.99. The standard InChI is InChI=1S/C16H10F2N2O2/c17-11-6-7-12(13(18)8-11)16(21)19-15-9-14(22-20-15)10-4-2-1-3-5-10/h1-9H,(H,19,20,21). The number of rotatable bonds is 3. The van der Waals surface area contributed by atoms with Crippen molar-refractivity contribution in [2.45, 2.75) is 0 Å². The maximum Gasteiger partial charge on any atom is 0.259 e. The maximum atomic E-state index is 13.5. The van der Waals surface area contributed by atoms with Crippen molar-refractivity contribution in [3.8, 4) is 11.3 Å². The zero-order valence-corrected chi connectivity index (χ0v) is 11.2. The minimum Gasteiger partial charge on any atom is -0.354 e. The molecule has 3 rings (SSSR count). The fourth-order valence-corrected chi connectivity index (χ4v) is 1.93. The molecule has 0 saturated carbocycles. The first-order valence-corrected chi connectivity index (χ1v) is 6.42. The minimum absolute atomic E-state index is 0.146. The average Bonchev–Trinajstić information content (AvgIpc) is 2.96. The normalized spacial score (nSPS) is 10.5. The fourth-order valence-electron chi connectivity index (χ4n) is 1.93. The molecule has 0 saturated heterocycles. The smallest absolute Gasteiger partial charge is 0.259 e. The minimum atomic E-state index is -0.940. The molecule has 1 amide bonds. The van der Waals surface area contributed by atoms with E-state index in [1.807, 2.05) is 30.3 Å². The molecule has 0 aliphatic carbocycles. The van der Waals surface area contributed by atoms with Gasteiger partial charge in [0.2, 0.25) is 0 Å². The van der Waals surface area contributed by atoms with Crippen molar-refractivity contribution in [2.24, 2.45) is 0 Å². The van der Waals surface area contributed by atoms with Gasteiger partial charge in [-0.25, -0.2) is 8.78 Å². The van der Waals surface area contributed by atoms with E-state index in [4.69, 9.17) is 4.52 Å². The van der Waals surface area contributed by atoms with Gasteiger partial charge in [-0.1, -0.05) is 35.5 Å². The summed E-state index contributed by atoms with van der Waals surface area (Å²) in [5.74, 6) is -1.81. The third kappa shape index (κ3) is 2.85. The Kier molecular flexibility index (Phi) is 3.65. The number of carbonyl (C=O) groups excluding carboxylic acids is 1. The number of amides is 1. The lowest BCUT2D eigenvalue weighted by molar-refractivity contribution is 0.102. The second kappa shape index (κ2) is 5.77. The molecule has 1 N–H and O–H groups in total. The summed E-state index contributed by atoms with van der Waals surface area (Å²) in [7, 11) is 0. The molecule has 0 atom stereocenters. The van der Waals surface area contributed by atoms with Gasteiger partial charge in [-0.3, -0.25) is 4.79 Å². The van der Waals surface area contributed by atoms with E-state index in [1.54, 1.807) is 0 Å². The van der Waals surface area contributed by atoms with Crippen LogP contribution < -0.4 is 5.32 Å². The molecule has 0 aliphatic heterocycles. The first kappa shape index (κ1) is 13.9. The lowest BCUT2D eigenvalue weighted by atomic mass is 10.2. The van der Waals surface area contributed by atoms with E-state index in [-0.39, 0.29) is 11.4 Å². The number of nitrogens with one attached hydrogen (secondary N) is 1. The van der Waals surface area contributed by atoms with Crippen LogP contribution in [-0.2, 0) is 0 Å². The number of benzene rings is 2. The molecule has 0 unspecified atom stereocenters. The topological polar surface area (TPSA) is 55.1 Å². The quantitative estimate of drug-likeness (QED) is 0.798. The van der Waals surface area contributed by atoms with E-state index >= 15 is 0 Å². The van der Waals surface area contributed by atoms with E-state index in [1.165, 1.54) is 6.07 Å². The van der Waals surface area contributed by atoms with Gasteiger partial charge in [0.05, 0.1) is 5.56 Å². The Labute approximate surface area is 124 Å². The molecule has 0 radical (unpaired) electrons. The van der Waals surface area contributed by atoms with Crippen molar-refractivity contribution in [3.63, 3.8) is 0 Å². The van der Waals surface area contributed by atoms with E-state index in [9.17, 15) is 13.6 Å². The van der Waals surface area contributed by atoms with Crippen molar-refractivity contribution in [1.29, 1.82) is 0 Å². The second-order valence-corrected chi connectivity index (χ2v) is 4.52. The molecule has 0 aliphatic rings. The molecular weight excluding hydrogens is 290 g/mol. The molecule has 3 aromatic rings. The molecule has 22 heavy (non-hydrogen) atoms. The maximum absolute atomic E-state index is 13.5. The predicted molar refractivity (Wildman–Crippen MR) is 76.3 cm³/mol. The van der Waals surface area contributed by atoms with Crippen molar-refractivity contribution < 1.29 is 18.1 Å². The summed E-state index contributed by atoms with van der Waals surface area (Å²) < 4.78 is 31.5. The molecule has 2 aromatic carbocycles. The lowest BCUT2D eigenvalue weighted by Gasteiger charge is -2.02. The zero-order chi connectivity index (χ0) is 15.5. The summed E-state index contributed by atoms with van der Waals surface area (Å²) in [5, 5.41) is 6.10. The van der Waals surface area contributed by atoms with Crippen molar-refractivity contribution in [2.75, 3.05) is 5.32 Å². The van der Waals surface area contributed by atoms with Crippen LogP contribution >= 0.6 is 0 Å². The van der Waals surface area contributed by atoms with Gasteiger partial charge in [0.1, 0.15) is 11.6 Å². The second-order valence-electron chi connectivity index (χ2n) is 4.52. The SMILES string of the molecule is O=C(Nc1cc(-c2ccccc2)on1)c1ccc(F)cc1F. The Morgan fingerprint density at radius 3 is 2.55 bits per heavy atom. The van der Waals surface area contributed by atoms with Crippen LogP contribution in [0, 0.1) is 11.6 Å². The van der Waals surface area contributed by atoms with Gasteiger partial charge in [-0.05, 0) is 12.1 Å². The number of aromatic nitrogens is 1. The van der Waals surface area contributed by atoms with Gasteiger partial charge in [-0.2, -0.15) is 0 Å². The lowest BCUT2D eigenvalue weighted by Crippen LogP contribution is -2.14. The first-order chi connectivity index (χ1) is 10.6. The highest BCUT2D eigenvalue weighted by Gasteiger charge is 2.15. The molecule has 0 fully saturated rings. The number of carbonyl (C=O) groups is 1. The largest absolute Gasteiger partial charge is 0.354 e. The number of nitrogens with zero attached hydrogens (tertiary/aromatic N) is 1. The van der Waals surface area contributed by atoms with Gasteiger partial charge in [0.25, 0.3) is 5.91 Å². The van der Waals surface area contributed by atoms with Crippen LogP contribution in [0.25, 0.3) is 11.3 Å². The summed E-state index contributed by atoms with van der Waals surface area (Å²) >= 11 is 0. The van der Waals surface area contributed by atoms with Crippen molar-refractivity contribution >= 4 is 11.7 Å². The van der Waals surface area contributed by atoms with E-state index in [2.05, 4.69) is 10.5 Å². The van der Waals surface area contributed by atoms with Crippen LogP contribution in [0.2, 0.25) is 0 Å². The molecule has 1 heterocycles. The first-order valence-electron chi connectivity index (χ1n) is 6.42. The average molecular weight is 300 g/mol. The molecule has 0 bridgehead atoms. The summed E-state index contributed by atoms with van der Waals surface area (Å²) in [6.07, 6.45) is 0. The van der Waals surface area contributed by atoms with Crippen LogP contribution in [0.15, 0.2) is 59.1 Å². The molecule has 1 aromatic heterocycles. The number of hydrogen-bond donors (Lipinski definition) is 1. The Morgan fingerprint density at radius 2 is 1.82 bits per heavy atom. The number of halogens is 2. The molecule has 6 heteroatoms. The highest BCUT2D eigenvalue weighted by Crippen LogP contribution is 2.22. The number of anilines is 1. The van der Waals surface area contributed by atoms with E-state index in [0.717, 1.165) is 17.7 Å². The molecular formula is C16H10F2N2O2. The van der Waals surface area contributed by atoms with Gasteiger partial charge < -0.3 is 9.84 Å². The van der Waals surface area contributed by atoms with Crippen LogP contribution in [-0.4, -0.2) is 11.1 Å². The third-order valence-corrected chi connectivity index (χ3v) is 2.99. The Bertz CT molecular complexity index is 816. The van der Waals surface area contributed by atoms with Crippen molar-refractivity contribution in [1.82, 2.24) is 5.16 Å². The van der Waals surface area contributed by atoms with Crippen molar-refractivity contribution in [3.05, 3.63) is 71.8 Å². The van der Waals surface area contributed by atoms with Crippen LogP contribution in [0.5, 0.6) is 0 Å². The van der Waals surface area contributed by atoms with E-state index in [0.29, 0.717) is 11.8 Å². The summed E-state index contributed by atoms with van der Waals surface area (Å²) in [5.41, 5.74) is 0.522. The molecule has 4 nitrogen and oxygen atoms in total. The fraction of sp³-hybridized carbons (Fsp3) is 0. The van der Waals surface area contributed by atoms with E-state index < -0.39 is 17.5 Å². The van der Waals surface area contributed by atoms with Gasteiger partial charge in [0, 0.05) is 17.7 Å². The Balaban J connectivity index is 1.79. The highest BCUT2D eigenvalue weighted by molar-refractivity contribution is 6.04. The zero-order valence-electron chi connectivity index (χ0n) is 11.2. The Hall–Kier alpha value is -3.02. The van der Waals surface area contributed by atoms with Gasteiger partial charge in [-0.15, -0.1) is 0 Å². The van der Waals surface area contributed by atoms with Crippen LogP contribution in [0.1, 0.15) is 10.4 Å².